The zero-order valence-corrected chi connectivity index (χ0v) is 16.4. The lowest BCUT2D eigenvalue weighted by Gasteiger charge is -2.08. The van der Waals surface area contributed by atoms with E-state index in [-0.39, 0.29) is 23.6 Å². The number of pyridine rings is 1. The normalized spacial score (nSPS) is 13.1. The summed E-state index contributed by atoms with van der Waals surface area (Å²) in [5.74, 6) is -0.844. The number of aromatic amines is 1. The monoisotopic (exact) mass is 416 g/mol. The zero-order chi connectivity index (χ0) is 19.7. The van der Waals surface area contributed by atoms with Crippen LogP contribution in [0.2, 0.25) is 0 Å². The highest BCUT2D eigenvalue weighted by Gasteiger charge is 2.29. The van der Waals surface area contributed by atoms with Gasteiger partial charge in [0.2, 0.25) is 0 Å². The van der Waals surface area contributed by atoms with Crippen LogP contribution in [0.4, 0.5) is 0 Å². The van der Waals surface area contributed by atoms with Crippen LogP contribution in [0, 0.1) is 0 Å². The number of hydrogen-bond acceptors (Lipinski definition) is 4. The van der Waals surface area contributed by atoms with Crippen LogP contribution in [0.25, 0.3) is 5.65 Å². The number of carboxylic acids is 1. The first kappa shape index (κ1) is 20.6. The number of nitrogens with one attached hydrogen (secondary N) is 2. The summed E-state index contributed by atoms with van der Waals surface area (Å²) in [6.45, 7) is -0.555. The Bertz CT molecular complexity index is 1100. The molecule has 0 bridgehead atoms. The van der Waals surface area contributed by atoms with Crippen molar-refractivity contribution in [2.75, 3.05) is 6.54 Å². The molecule has 3 N–H and O–H groups in total. The number of aryl methyl sites for hydroxylation is 2. The van der Waals surface area contributed by atoms with Gasteiger partial charge in [-0.05, 0) is 31.2 Å². The molecule has 0 spiro atoms. The number of aromatic nitrogens is 3. The predicted octanol–water partition coefficient (Wildman–Crippen LogP) is 1.92. The number of carbonyl (C=O) groups excluding carboxylic acids is 1. The second-order valence-electron chi connectivity index (χ2n) is 6.98. The van der Waals surface area contributed by atoms with Gasteiger partial charge in [0.1, 0.15) is 17.9 Å². The Morgan fingerprint density at radius 2 is 1.93 bits per heavy atom. The minimum Gasteiger partial charge on any atom is -0.480 e. The Hall–Kier alpha value is -3.13. The van der Waals surface area contributed by atoms with E-state index in [0.717, 1.165) is 36.3 Å². The fraction of sp³-hybridized carbons (Fsp3) is 0.300. The van der Waals surface area contributed by atoms with E-state index in [0.29, 0.717) is 12.3 Å². The van der Waals surface area contributed by atoms with Crippen molar-refractivity contribution in [3.63, 3.8) is 0 Å². The highest BCUT2D eigenvalue weighted by molar-refractivity contribution is 6.00. The van der Waals surface area contributed by atoms with E-state index in [1.54, 1.807) is 4.52 Å². The Morgan fingerprint density at radius 1 is 1.21 bits per heavy atom. The van der Waals surface area contributed by atoms with Gasteiger partial charge in [-0.2, -0.15) is 0 Å². The fourth-order valence-corrected chi connectivity index (χ4v) is 3.23. The molecule has 9 heteroatoms. The summed E-state index contributed by atoms with van der Waals surface area (Å²) in [5.41, 5.74) is 1.54. The number of carbonyl (C=O) groups is 2. The predicted molar refractivity (Wildman–Crippen MR) is 109 cm³/mol. The molecule has 0 unspecified atom stereocenters. The van der Waals surface area contributed by atoms with Crippen molar-refractivity contribution in [3.05, 3.63) is 69.3 Å². The van der Waals surface area contributed by atoms with E-state index in [9.17, 15) is 14.4 Å². The van der Waals surface area contributed by atoms with Crippen molar-refractivity contribution in [3.8, 4) is 0 Å². The number of hydrogen-bond donors (Lipinski definition) is 3. The highest BCUT2D eigenvalue weighted by Crippen LogP contribution is 2.38. The quantitative estimate of drug-likeness (QED) is 0.544. The molecule has 2 heterocycles. The number of nitrogens with zero attached hydrogens (tertiary/aromatic N) is 2. The van der Waals surface area contributed by atoms with Gasteiger partial charge in [0.05, 0.1) is 0 Å². The van der Waals surface area contributed by atoms with Crippen LogP contribution >= 0.6 is 12.4 Å². The second kappa shape index (κ2) is 8.48. The summed E-state index contributed by atoms with van der Waals surface area (Å²) in [6, 6.07) is 11.4. The Labute approximate surface area is 172 Å². The molecule has 1 fully saturated rings. The van der Waals surface area contributed by atoms with E-state index in [1.165, 1.54) is 6.07 Å². The van der Waals surface area contributed by atoms with Crippen molar-refractivity contribution in [1.29, 1.82) is 0 Å². The molecule has 2 aromatic heterocycles. The maximum absolute atomic E-state index is 12.7. The van der Waals surface area contributed by atoms with Gasteiger partial charge in [0.25, 0.3) is 5.91 Å². The first-order valence-electron chi connectivity index (χ1n) is 9.21. The summed E-state index contributed by atoms with van der Waals surface area (Å²) in [4.78, 5) is 40.3. The molecule has 8 nitrogen and oxygen atoms in total. The van der Waals surface area contributed by atoms with Crippen LogP contribution in [0.15, 0.2) is 41.2 Å². The van der Waals surface area contributed by atoms with Gasteiger partial charge in [-0.25, -0.2) is 9.50 Å². The third kappa shape index (κ3) is 4.48. The van der Waals surface area contributed by atoms with Gasteiger partial charge < -0.3 is 10.4 Å². The van der Waals surface area contributed by atoms with E-state index in [4.69, 9.17) is 5.11 Å². The molecule has 152 valence electrons. The Kier molecular flexibility index (Phi) is 6.03. The summed E-state index contributed by atoms with van der Waals surface area (Å²) in [7, 11) is 0. The second-order valence-corrected chi connectivity index (χ2v) is 6.98. The van der Waals surface area contributed by atoms with Gasteiger partial charge in [-0.1, -0.05) is 30.3 Å². The standard InChI is InChI=1S/C20H20N4O4.ClH/c25-15-10-14(9-6-12-4-2-1-3-5-12)24-19(22-18(23-24)13-7-8-13)17(15)20(28)21-11-16(26)27;/h1-5,10,13H,6-9,11H2,(H,21,28)(H,22,23)(H,26,27);1H. The molecule has 1 saturated carbocycles. The first-order chi connectivity index (χ1) is 13.5. The molecule has 1 amide bonds. The molecule has 0 aliphatic heterocycles. The van der Waals surface area contributed by atoms with Crippen LogP contribution < -0.4 is 10.7 Å². The number of rotatable bonds is 7. The fourth-order valence-electron chi connectivity index (χ4n) is 3.23. The Balaban J connectivity index is 0.00000240. The number of fused-ring (bicyclic) bond motifs is 1. The average molecular weight is 417 g/mol. The minimum absolute atomic E-state index is 0. The molecule has 1 aromatic carbocycles. The maximum atomic E-state index is 12.7. The van der Waals surface area contributed by atoms with Gasteiger partial charge in [0.15, 0.2) is 11.1 Å². The van der Waals surface area contributed by atoms with Crippen LogP contribution in [0.3, 0.4) is 0 Å². The highest BCUT2D eigenvalue weighted by atomic mass is 35.5. The number of benzene rings is 1. The van der Waals surface area contributed by atoms with E-state index >= 15 is 0 Å². The molecule has 4 rings (SSSR count). The summed E-state index contributed by atoms with van der Waals surface area (Å²) in [6.07, 6.45) is 3.38. The molecule has 0 saturated heterocycles. The van der Waals surface area contributed by atoms with Crippen LogP contribution in [-0.4, -0.2) is 38.1 Å². The molecule has 1 aliphatic carbocycles. The van der Waals surface area contributed by atoms with Gasteiger partial charge >= 0.3 is 5.97 Å². The van der Waals surface area contributed by atoms with Gasteiger partial charge in [0, 0.05) is 17.7 Å². The number of aliphatic carboxylic acids is 1. The number of carboxylic acid groups (broad SMARTS) is 1. The lowest BCUT2D eigenvalue weighted by molar-refractivity contribution is -0.135. The SMILES string of the molecule is Cl.O=C(O)CNC(=O)c1c(=O)cc(CCc2ccccc2)n2[nH]c(C3CC3)nc12. The van der Waals surface area contributed by atoms with Gasteiger partial charge in [-0.3, -0.25) is 19.5 Å². The molecule has 0 atom stereocenters. The molecular weight excluding hydrogens is 396 g/mol. The van der Waals surface area contributed by atoms with Crippen LogP contribution in [0.5, 0.6) is 0 Å². The van der Waals surface area contributed by atoms with Crippen molar-refractivity contribution < 1.29 is 14.7 Å². The molecule has 29 heavy (non-hydrogen) atoms. The average Bonchev–Trinajstić information content (AvgIpc) is 3.44. The van der Waals surface area contributed by atoms with Crippen molar-refractivity contribution >= 4 is 29.9 Å². The first-order valence-corrected chi connectivity index (χ1v) is 9.21. The third-order valence-electron chi connectivity index (χ3n) is 4.82. The topological polar surface area (TPSA) is 117 Å². The molecule has 0 radical (unpaired) electrons. The molecule has 3 aromatic rings. The summed E-state index contributed by atoms with van der Waals surface area (Å²) < 4.78 is 1.69. The lowest BCUT2D eigenvalue weighted by atomic mass is 10.1. The zero-order valence-electron chi connectivity index (χ0n) is 15.6. The number of amides is 1. The van der Waals surface area contributed by atoms with Crippen LogP contribution in [0.1, 0.15) is 46.2 Å². The lowest BCUT2D eigenvalue weighted by Crippen LogP contribution is -2.33. The molecule has 1 aliphatic rings. The largest absolute Gasteiger partial charge is 0.480 e. The van der Waals surface area contributed by atoms with Crippen molar-refractivity contribution in [2.24, 2.45) is 0 Å². The number of H-pyrrole nitrogens is 1. The maximum Gasteiger partial charge on any atom is 0.322 e. The minimum atomic E-state index is -1.18. The van der Waals surface area contributed by atoms with Gasteiger partial charge in [-0.15, -0.1) is 12.4 Å². The Morgan fingerprint density at radius 3 is 2.59 bits per heavy atom. The van der Waals surface area contributed by atoms with E-state index in [2.05, 4.69) is 15.4 Å². The summed E-state index contributed by atoms with van der Waals surface area (Å²) >= 11 is 0. The smallest absolute Gasteiger partial charge is 0.322 e. The van der Waals surface area contributed by atoms with Crippen molar-refractivity contribution in [2.45, 2.75) is 31.6 Å². The summed E-state index contributed by atoms with van der Waals surface area (Å²) in [5, 5.41) is 14.3. The molecular formula is C20H21ClN4O4. The van der Waals surface area contributed by atoms with Crippen LogP contribution in [-0.2, 0) is 17.6 Å². The van der Waals surface area contributed by atoms with E-state index < -0.39 is 23.9 Å². The number of halogens is 1. The van der Waals surface area contributed by atoms with E-state index in [1.807, 2.05) is 30.3 Å². The van der Waals surface area contributed by atoms with Crippen molar-refractivity contribution in [1.82, 2.24) is 19.9 Å². The third-order valence-corrected chi connectivity index (χ3v) is 4.82.